The van der Waals surface area contributed by atoms with Crippen LogP contribution in [-0.4, -0.2) is 31.8 Å². The number of carbonyl (C=O) groups excluding carboxylic acids is 1. The van der Waals surface area contributed by atoms with E-state index in [1.807, 2.05) is 25.1 Å². The van der Waals surface area contributed by atoms with E-state index in [0.29, 0.717) is 33.6 Å². The third-order valence-corrected chi connectivity index (χ3v) is 8.70. The molecule has 4 rings (SSSR count). The van der Waals surface area contributed by atoms with Crippen LogP contribution in [0.25, 0.3) is 0 Å². The van der Waals surface area contributed by atoms with E-state index in [2.05, 4.69) is 5.32 Å². The molecule has 1 aromatic heterocycles. The lowest BCUT2D eigenvalue weighted by Crippen LogP contribution is -2.35. The molecule has 1 aliphatic heterocycles. The lowest BCUT2D eigenvalue weighted by Gasteiger charge is -2.28. The quantitative estimate of drug-likeness (QED) is 0.569. The zero-order chi connectivity index (χ0) is 22.0. The number of halogens is 1. The van der Waals surface area contributed by atoms with Crippen LogP contribution < -0.4 is 10.1 Å². The van der Waals surface area contributed by atoms with Crippen LogP contribution >= 0.6 is 22.9 Å². The number of carbonyl (C=O) groups is 1. The van der Waals surface area contributed by atoms with Gasteiger partial charge in [-0.3, -0.25) is 4.79 Å². The van der Waals surface area contributed by atoms with E-state index in [1.54, 1.807) is 35.7 Å². The molecule has 2 heterocycles. The first-order valence-electron chi connectivity index (χ1n) is 9.67. The second kappa shape index (κ2) is 9.00. The Morgan fingerprint density at radius 1 is 1.19 bits per heavy atom. The van der Waals surface area contributed by atoms with Crippen molar-refractivity contribution < 1.29 is 17.9 Å². The molecule has 0 aliphatic carbocycles. The Hall–Kier alpha value is -2.39. The fraction of sp³-hybridized carbons (Fsp3) is 0.227. The first-order chi connectivity index (χ1) is 14.8. The molecule has 9 heteroatoms. The monoisotopic (exact) mass is 476 g/mol. The van der Waals surface area contributed by atoms with Gasteiger partial charge in [0, 0.05) is 23.8 Å². The van der Waals surface area contributed by atoms with Crippen LogP contribution in [0.5, 0.6) is 5.75 Å². The molecular weight excluding hydrogens is 456 g/mol. The molecule has 31 heavy (non-hydrogen) atoms. The average Bonchev–Trinajstić information content (AvgIpc) is 3.30. The minimum atomic E-state index is -3.51. The number of amides is 1. The first kappa shape index (κ1) is 21.8. The first-order valence-corrected chi connectivity index (χ1v) is 12.4. The summed E-state index contributed by atoms with van der Waals surface area (Å²) >= 11 is 7.21. The fourth-order valence-electron chi connectivity index (χ4n) is 3.40. The largest absolute Gasteiger partial charge is 0.484 e. The average molecular weight is 477 g/mol. The van der Waals surface area contributed by atoms with Gasteiger partial charge < -0.3 is 10.1 Å². The van der Waals surface area contributed by atoms with Crippen LogP contribution in [-0.2, 0) is 27.8 Å². The summed E-state index contributed by atoms with van der Waals surface area (Å²) in [6, 6.07) is 14.2. The molecule has 0 spiro atoms. The van der Waals surface area contributed by atoms with Gasteiger partial charge in [-0.25, -0.2) is 8.42 Å². The van der Waals surface area contributed by atoms with Crippen LogP contribution in [0, 0.1) is 6.92 Å². The van der Waals surface area contributed by atoms with Gasteiger partial charge in [-0.05, 0) is 71.8 Å². The number of ether oxygens (including phenoxy) is 1. The molecule has 0 unspecified atom stereocenters. The van der Waals surface area contributed by atoms with Gasteiger partial charge >= 0.3 is 0 Å². The van der Waals surface area contributed by atoms with Crippen LogP contribution in [0.3, 0.4) is 0 Å². The van der Waals surface area contributed by atoms with E-state index in [-0.39, 0.29) is 19.1 Å². The van der Waals surface area contributed by atoms with Crippen molar-refractivity contribution in [3.8, 4) is 5.75 Å². The van der Waals surface area contributed by atoms with Crippen molar-refractivity contribution in [1.82, 2.24) is 4.31 Å². The van der Waals surface area contributed by atoms with Gasteiger partial charge in [-0.1, -0.05) is 23.7 Å². The van der Waals surface area contributed by atoms with Gasteiger partial charge in [0.2, 0.25) is 0 Å². The minimum Gasteiger partial charge on any atom is -0.484 e. The summed E-state index contributed by atoms with van der Waals surface area (Å²) in [5.74, 6) is 0.267. The second-order valence-corrected chi connectivity index (χ2v) is 10.8. The Balaban J connectivity index is 1.41. The van der Waals surface area contributed by atoms with Crippen LogP contribution in [0.2, 0.25) is 5.02 Å². The van der Waals surface area contributed by atoms with Gasteiger partial charge in [0.25, 0.3) is 15.9 Å². The van der Waals surface area contributed by atoms with Crippen LogP contribution in [0.15, 0.2) is 58.1 Å². The summed E-state index contributed by atoms with van der Waals surface area (Å²) in [7, 11) is -3.51. The Kier molecular flexibility index (Phi) is 6.34. The molecule has 3 aromatic rings. The van der Waals surface area contributed by atoms with E-state index in [1.165, 1.54) is 15.6 Å². The molecule has 2 aromatic carbocycles. The number of aryl methyl sites for hydroxylation is 1. The van der Waals surface area contributed by atoms with Crippen LogP contribution in [0.1, 0.15) is 16.7 Å². The highest BCUT2D eigenvalue weighted by Gasteiger charge is 2.29. The van der Waals surface area contributed by atoms with Gasteiger partial charge in [-0.2, -0.15) is 4.31 Å². The highest BCUT2D eigenvalue weighted by Crippen LogP contribution is 2.29. The molecule has 1 aliphatic rings. The number of rotatable bonds is 6. The summed E-state index contributed by atoms with van der Waals surface area (Å²) in [6.07, 6.45) is 0.632. The number of hydrogen-bond donors (Lipinski definition) is 1. The van der Waals surface area contributed by atoms with E-state index in [0.717, 1.165) is 16.7 Å². The molecule has 6 nitrogen and oxygen atoms in total. The number of fused-ring (bicyclic) bond motifs is 1. The van der Waals surface area contributed by atoms with E-state index >= 15 is 0 Å². The number of anilines is 1. The molecule has 1 amide bonds. The van der Waals surface area contributed by atoms with Crippen molar-refractivity contribution >= 4 is 44.6 Å². The standard InChI is InChI=1S/C22H21ClN2O4S2/c1-15-11-19(6-7-20(15)23)29-14-21(26)24-18-5-4-16-8-9-25(13-17(16)12-18)31(27,28)22-3-2-10-30-22/h2-7,10-12H,8-9,13-14H2,1H3,(H,24,26). The molecule has 1 N–H and O–H groups in total. The highest BCUT2D eigenvalue weighted by molar-refractivity contribution is 7.91. The highest BCUT2D eigenvalue weighted by atomic mass is 35.5. The van der Waals surface area contributed by atoms with Crippen molar-refractivity contribution in [2.75, 3.05) is 18.5 Å². The molecule has 0 fully saturated rings. The number of hydrogen-bond acceptors (Lipinski definition) is 5. The predicted molar refractivity (Wildman–Crippen MR) is 122 cm³/mol. The zero-order valence-corrected chi connectivity index (χ0v) is 19.2. The topological polar surface area (TPSA) is 75.7 Å². The second-order valence-electron chi connectivity index (χ2n) is 7.25. The number of nitrogens with zero attached hydrogens (tertiary/aromatic N) is 1. The lowest BCUT2D eigenvalue weighted by atomic mass is 10.0. The molecular formula is C22H21ClN2O4S2. The van der Waals surface area contributed by atoms with E-state index < -0.39 is 10.0 Å². The minimum absolute atomic E-state index is 0.142. The summed E-state index contributed by atoms with van der Waals surface area (Å²) in [6.45, 7) is 2.44. The smallest absolute Gasteiger partial charge is 0.262 e. The van der Waals surface area contributed by atoms with Gasteiger partial charge in [0.15, 0.2) is 6.61 Å². The molecule has 0 radical (unpaired) electrons. The number of sulfonamides is 1. The molecule has 0 atom stereocenters. The maximum absolute atomic E-state index is 12.8. The summed E-state index contributed by atoms with van der Waals surface area (Å²) in [5, 5.41) is 5.21. The fourth-order valence-corrected chi connectivity index (χ4v) is 6.09. The lowest BCUT2D eigenvalue weighted by molar-refractivity contribution is -0.118. The van der Waals surface area contributed by atoms with Crippen molar-refractivity contribution in [3.63, 3.8) is 0 Å². The van der Waals surface area contributed by atoms with Gasteiger partial charge in [-0.15, -0.1) is 11.3 Å². The summed E-state index contributed by atoms with van der Waals surface area (Å²) in [4.78, 5) is 12.3. The van der Waals surface area contributed by atoms with Crippen molar-refractivity contribution in [3.05, 3.63) is 75.6 Å². The SMILES string of the molecule is Cc1cc(OCC(=O)Nc2ccc3c(c2)CN(S(=O)(=O)c2cccs2)CC3)ccc1Cl. The van der Waals surface area contributed by atoms with Crippen LogP contribution in [0.4, 0.5) is 5.69 Å². The van der Waals surface area contributed by atoms with Crippen molar-refractivity contribution in [2.45, 2.75) is 24.1 Å². The molecule has 0 bridgehead atoms. The zero-order valence-electron chi connectivity index (χ0n) is 16.8. The van der Waals surface area contributed by atoms with Crippen molar-refractivity contribution in [1.29, 1.82) is 0 Å². The Morgan fingerprint density at radius 3 is 2.77 bits per heavy atom. The molecule has 162 valence electrons. The Bertz CT molecular complexity index is 1210. The predicted octanol–water partition coefficient (Wildman–Crippen LogP) is 4.47. The number of thiophene rings is 1. The van der Waals surface area contributed by atoms with Gasteiger partial charge in [0.05, 0.1) is 0 Å². The summed E-state index contributed by atoms with van der Waals surface area (Å²) < 4.78 is 33.0. The Morgan fingerprint density at radius 2 is 2.03 bits per heavy atom. The van der Waals surface area contributed by atoms with Crippen molar-refractivity contribution in [2.24, 2.45) is 0 Å². The van der Waals surface area contributed by atoms with E-state index in [4.69, 9.17) is 16.3 Å². The van der Waals surface area contributed by atoms with Gasteiger partial charge in [0.1, 0.15) is 9.96 Å². The maximum atomic E-state index is 12.8. The maximum Gasteiger partial charge on any atom is 0.262 e. The third-order valence-electron chi connectivity index (χ3n) is 5.06. The van der Waals surface area contributed by atoms with E-state index in [9.17, 15) is 13.2 Å². The molecule has 0 saturated carbocycles. The number of benzene rings is 2. The third kappa shape index (κ3) is 4.93. The summed E-state index contributed by atoms with van der Waals surface area (Å²) in [5.41, 5.74) is 3.45. The number of nitrogens with one attached hydrogen (secondary N) is 1. The normalized spacial score (nSPS) is 14.1. The Labute approximate surface area is 190 Å². The molecule has 0 saturated heterocycles.